The molecule has 308 valence electrons. The average Bonchev–Trinajstić information content (AvgIpc) is 3.32. The molecular formula is C47H48N5O7P. The molecule has 4 atom stereocenters. The highest BCUT2D eigenvalue weighted by Gasteiger charge is 2.46. The number of hydrogen-bond donors (Lipinski definition) is 5. The second-order valence-corrected chi connectivity index (χ2v) is 16.6. The number of amides is 2. The molecule has 0 radical (unpaired) electrons. The van der Waals surface area contributed by atoms with Crippen LogP contribution in [0.2, 0.25) is 0 Å². The third-order valence-electron chi connectivity index (χ3n) is 10.4. The molecule has 13 heteroatoms. The zero-order valence-corrected chi connectivity index (χ0v) is 33.8. The van der Waals surface area contributed by atoms with E-state index in [1.807, 2.05) is 78.9 Å². The molecule has 0 spiro atoms. The number of anilines is 1. The second kappa shape index (κ2) is 19.0. The Balaban J connectivity index is 1.22. The largest absolute Gasteiger partial charge is 0.479 e. The van der Waals surface area contributed by atoms with Crippen molar-refractivity contribution in [1.29, 1.82) is 5.41 Å². The molecule has 0 bridgehead atoms. The molecule has 2 amide bonds. The van der Waals surface area contributed by atoms with Gasteiger partial charge >= 0.3 is 13.6 Å². The minimum atomic E-state index is -3.93. The Morgan fingerprint density at radius 1 is 0.600 bits per heavy atom. The van der Waals surface area contributed by atoms with Crippen LogP contribution in [0.25, 0.3) is 0 Å². The van der Waals surface area contributed by atoms with Crippen LogP contribution in [0, 0.1) is 5.41 Å². The van der Waals surface area contributed by atoms with Crippen molar-refractivity contribution in [2.75, 3.05) is 12.1 Å². The summed E-state index contributed by atoms with van der Waals surface area (Å²) in [6, 6.07) is 46.4. The van der Waals surface area contributed by atoms with E-state index in [0.717, 1.165) is 11.1 Å². The first-order chi connectivity index (χ1) is 29.0. The molecule has 0 unspecified atom stereocenters. The number of nitrogens with one attached hydrogen (secondary N) is 1. The summed E-state index contributed by atoms with van der Waals surface area (Å²) in [4.78, 5) is 18.4. The summed E-state index contributed by atoms with van der Waals surface area (Å²) >= 11 is 0. The molecule has 6 aromatic rings. The van der Waals surface area contributed by atoms with Crippen molar-refractivity contribution in [3.63, 3.8) is 0 Å². The van der Waals surface area contributed by atoms with Crippen LogP contribution in [0.4, 0.5) is 10.5 Å². The maximum Gasteiger partial charge on any atom is 0.468 e. The second-order valence-electron chi connectivity index (χ2n) is 14.7. The first kappa shape index (κ1) is 41.6. The number of para-hydroxylation sites is 2. The number of amidine groups is 1. The normalized spacial score (nSPS) is 18.1. The number of nitrogen functional groups attached to an aromatic ring is 2. The minimum absolute atomic E-state index is 0.0188. The van der Waals surface area contributed by atoms with E-state index in [1.54, 1.807) is 94.7 Å². The number of nitrogens with zero attached hydrogens (tertiary/aromatic N) is 2. The number of carbonyl (C=O) groups excluding carboxylic acids is 1. The lowest BCUT2D eigenvalue weighted by molar-refractivity contribution is -0.0408. The van der Waals surface area contributed by atoms with Crippen molar-refractivity contribution in [3.8, 4) is 17.2 Å². The summed E-state index contributed by atoms with van der Waals surface area (Å²) in [5, 5.41) is 32.4. The van der Waals surface area contributed by atoms with Gasteiger partial charge < -0.3 is 45.3 Å². The fourth-order valence-corrected chi connectivity index (χ4v) is 8.72. The van der Waals surface area contributed by atoms with Crippen molar-refractivity contribution >= 4 is 25.1 Å². The maximum absolute atomic E-state index is 15.3. The summed E-state index contributed by atoms with van der Waals surface area (Å²) in [6.45, 7) is 0.0431. The quantitative estimate of drug-likeness (QED) is 0.0284. The molecule has 1 fully saturated rings. The van der Waals surface area contributed by atoms with E-state index in [0.29, 0.717) is 39.6 Å². The zero-order valence-electron chi connectivity index (χ0n) is 32.9. The number of carbonyl (C=O) groups is 1. The number of nitrogens with two attached hydrogens (primary N) is 2. The van der Waals surface area contributed by atoms with Gasteiger partial charge in [-0.05, 0) is 83.6 Å². The highest BCUT2D eigenvalue weighted by atomic mass is 31.2. The van der Waals surface area contributed by atoms with E-state index in [1.165, 1.54) is 0 Å². The smallest absolute Gasteiger partial charge is 0.468 e. The van der Waals surface area contributed by atoms with Gasteiger partial charge in [0.25, 0.3) is 0 Å². The summed E-state index contributed by atoms with van der Waals surface area (Å²) in [7, 11) is -3.93. The monoisotopic (exact) mass is 825 g/mol. The highest BCUT2D eigenvalue weighted by molar-refractivity contribution is 7.54. The van der Waals surface area contributed by atoms with Gasteiger partial charge in [0, 0.05) is 24.3 Å². The molecule has 1 aliphatic heterocycles. The first-order valence-electron chi connectivity index (χ1n) is 19.6. The van der Waals surface area contributed by atoms with E-state index in [4.69, 9.17) is 30.7 Å². The first-order valence-corrected chi connectivity index (χ1v) is 21.3. The molecule has 1 aliphatic rings. The maximum atomic E-state index is 15.3. The van der Waals surface area contributed by atoms with Crippen LogP contribution in [0.1, 0.15) is 27.8 Å². The molecule has 0 aliphatic carbocycles. The highest BCUT2D eigenvalue weighted by Crippen LogP contribution is 2.48. The third-order valence-corrected chi connectivity index (χ3v) is 11.8. The number of rotatable bonds is 16. The molecule has 1 heterocycles. The van der Waals surface area contributed by atoms with Gasteiger partial charge in [-0.15, -0.1) is 0 Å². The van der Waals surface area contributed by atoms with Crippen LogP contribution >= 0.6 is 7.60 Å². The van der Waals surface area contributed by atoms with Gasteiger partial charge in [-0.25, -0.2) is 9.36 Å². The summed E-state index contributed by atoms with van der Waals surface area (Å²) in [6.07, 6.45) is -2.64. The van der Waals surface area contributed by atoms with Gasteiger partial charge in [0.2, 0.25) is 6.35 Å². The van der Waals surface area contributed by atoms with Crippen LogP contribution in [0.15, 0.2) is 164 Å². The van der Waals surface area contributed by atoms with Gasteiger partial charge in [-0.3, -0.25) is 5.41 Å². The molecule has 7 N–H and O–H groups in total. The van der Waals surface area contributed by atoms with Crippen molar-refractivity contribution in [2.45, 2.75) is 50.2 Å². The van der Waals surface area contributed by atoms with Gasteiger partial charge in [-0.2, -0.15) is 0 Å². The summed E-state index contributed by atoms with van der Waals surface area (Å²) in [5.41, 5.74) is 15.7. The van der Waals surface area contributed by atoms with Gasteiger partial charge in [0.15, 0.2) is 0 Å². The lowest BCUT2D eigenvalue weighted by atomic mass is 9.91. The predicted octanol–water partition coefficient (Wildman–Crippen LogP) is 7.62. The van der Waals surface area contributed by atoms with Crippen LogP contribution in [-0.4, -0.2) is 62.5 Å². The number of aliphatic hydroxyl groups is 2. The van der Waals surface area contributed by atoms with E-state index in [2.05, 4.69) is 0 Å². The number of aliphatic hydroxyl groups excluding tert-OH is 2. The Kier molecular flexibility index (Phi) is 13.2. The van der Waals surface area contributed by atoms with Crippen LogP contribution in [-0.2, 0) is 30.5 Å². The van der Waals surface area contributed by atoms with E-state index >= 15 is 4.79 Å². The van der Waals surface area contributed by atoms with Crippen molar-refractivity contribution in [3.05, 3.63) is 192 Å². The molecule has 7 rings (SSSR count). The molecule has 0 aromatic heterocycles. The van der Waals surface area contributed by atoms with E-state index < -0.39 is 44.3 Å². The van der Waals surface area contributed by atoms with Gasteiger partial charge in [0.1, 0.15) is 35.3 Å². The van der Waals surface area contributed by atoms with E-state index in [9.17, 15) is 14.8 Å². The number of benzene rings is 6. The van der Waals surface area contributed by atoms with Crippen molar-refractivity contribution < 1.29 is 33.4 Å². The molecule has 6 aromatic carbocycles. The molecule has 1 saturated heterocycles. The van der Waals surface area contributed by atoms with Gasteiger partial charge in [-0.1, -0.05) is 115 Å². The fraction of sp³-hybridized carbons (Fsp3) is 0.191. The lowest BCUT2D eigenvalue weighted by Crippen LogP contribution is -2.50. The number of hydrogen-bond acceptors (Lipinski definition) is 9. The summed E-state index contributed by atoms with van der Waals surface area (Å²) < 4.78 is 32.2. The standard InChI is InChI=1S/C47H48N5O7P/c48-41-25-24-36(27-40(41)46(49)50)31-52-43(29-34-16-7-2-8-17-34)45(54)44(53)42(28-33-14-5-1-6-15-33)51(47(52)55)30-35-18-13-23-39(26-35)57-32-60(56,58-37-19-9-3-10-20-37)59-38-21-11-4-12-22-38/h1-27,42-45,53-54H,28-32,48H2,(H3,49,50)/t42-,43-,44+,45+/m1/s1. The number of ether oxygens (including phenoxy) is 1. The minimum Gasteiger partial charge on any atom is -0.479 e. The van der Waals surface area contributed by atoms with Crippen LogP contribution < -0.4 is 25.3 Å². The Morgan fingerprint density at radius 3 is 1.52 bits per heavy atom. The molecule has 60 heavy (non-hydrogen) atoms. The van der Waals surface area contributed by atoms with Crippen LogP contribution in [0.5, 0.6) is 17.2 Å². The SMILES string of the molecule is N=C(N)c1cc(CN2C(=O)N(Cc3cccc(OCP(=O)(Oc4ccccc4)Oc4ccccc4)c3)[C@H](Cc3ccccc3)[C@H](O)[C@@H](O)[C@H]2Cc2ccccc2)ccc1N. The van der Waals surface area contributed by atoms with Crippen LogP contribution in [0.3, 0.4) is 0 Å². The Morgan fingerprint density at radius 2 is 1.03 bits per heavy atom. The zero-order chi connectivity index (χ0) is 42.1. The average molecular weight is 826 g/mol. The van der Waals surface area contributed by atoms with Crippen molar-refractivity contribution in [2.24, 2.45) is 5.73 Å². The molecule has 12 nitrogen and oxygen atoms in total. The third kappa shape index (κ3) is 10.3. The number of urea groups is 1. The molecule has 0 saturated carbocycles. The summed E-state index contributed by atoms with van der Waals surface area (Å²) in [5.74, 6) is 0.839. The molecular weight excluding hydrogens is 778 g/mol. The van der Waals surface area contributed by atoms with Gasteiger partial charge in [0.05, 0.1) is 12.1 Å². The Labute approximate surface area is 349 Å². The Hall–Kier alpha value is -6.59. The Bertz CT molecular complexity index is 2360. The topological polar surface area (TPSA) is 185 Å². The lowest BCUT2D eigenvalue weighted by Gasteiger charge is -2.36. The van der Waals surface area contributed by atoms with Crippen molar-refractivity contribution in [1.82, 2.24) is 9.80 Å². The fourth-order valence-electron chi connectivity index (χ4n) is 7.39. The van der Waals surface area contributed by atoms with E-state index in [-0.39, 0.29) is 31.8 Å². The predicted molar refractivity (Wildman–Crippen MR) is 232 cm³/mol.